The first kappa shape index (κ1) is 11.3. The molecule has 0 atom stereocenters. The molecule has 0 bridgehead atoms. The van der Waals surface area contributed by atoms with Crippen LogP contribution in [0.1, 0.15) is 31.7 Å². The summed E-state index contributed by atoms with van der Waals surface area (Å²) in [5, 5.41) is 4.58. The number of nitrogens with zero attached hydrogens (tertiary/aromatic N) is 3. The summed E-state index contributed by atoms with van der Waals surface area (Å²) in [6.07, 6.45) is 6.93. The highest BCUT2D eigenvalue weighted by atomic mass is 16.5. The van der Waals surface area contributed by atoms with Crippen LogP contribution in [0.15, 0.2) is 30.6 Å². The van der Waals surface area contributed by atoms with Crippen molar-refractivity contribution in [3.63, 3.8) is 0 Å². The first-order valence-electron chi connectivity index (χ1n) is 6.42. The summed E-state index contributed by atoms with van der Waals surface area (Å²) in [7, 11) is 1.67. The van der Waals surface area contributed by atoms with Crippen molar-refractivity contribution in [1.29, 1.82) is 0 Å². The van der Waals surface area contributed by atoms with Crippen LogP contribution in [-0.2, 0) is 0 Å². The van der Waals surface area contributed by atoms with E-state index in [0.717, 1.165) is 17.1 Å². The normalized spacial score (nSPS) is 16.1. The van der Waals surface area contributed by atoms with E-state index in [-0.39, 0.29) is 0 Å². The molecule has 0 aliphatic heterocycles. The predicted molar refractivity (Wildman–Crippen MR) is 69.5 cm³/mol. The highest BCUT2D eigenvalue weighted by molar-refractivity contribution is 5.55. The van der Waals surface area contributed by atoms with Crippen LogP contribution in [0.5, 0.6) is 5.75 Å². The molecule has 0 spiro atoms. The molecule has 4 heteroatoms. The lowest BCUT2D eigenvalue weighted by Gasteiger charge is -2.07. The Kier molecular flexibility index (Phi) is 3.00. The number of rotatable bonds is 3. The van der Waals surface area contributed by atoms with E-state index < -0.39 is 0 Å². The predicted octanol–water partition coefficient (Wildman–Crippen LogP) is 3.07. The van der Waals surface area contributed by atoms with Crippen molar-refractivity contribution in [2.45, 2.75) is 31.7 Å². The second-order valence-corrected chi connectivity index (χ2v) is 4.71. The van der Waals surface area contributed by atoms with Gasteiger partial charge in [-0.15, -0.1) is 0 Å². The van der Waals surface area contributed by atoms with Crippen LogP contribution in [0.3, 0.4) is 0 Å². The second-order valence-electron chi connectivity index (χ2n) is 4.71. The van der Waals surface area contributed by atoms with Crippen molar-refractivity contribution in [2.75, 3.05) is 7.11 Å². The summed E-state index contributed by atoms with van der Waals surface area (Å²) in [5.74, 6) is 1.65. The summed E-state index contributed by atoms with van der Waals surface area (Å²) in [6.45, 7) is 0. The van der Waals surface area contributed by atoms with Gasteiger partial charge in [0.1, 0.15) is 12.1 Å². The summed E-state index contributed by atoms with van der Waals surface area (Å²) in [4.78, 5) is 4.40. The van der Waals surface area contributed by atoms with Gasteiger partial charge in [-0.05, 0) is 37.1 Å². The molecular formula is C14H17N3O. The Hall–Kier alpha value is -1.84. The van der Waals surface area contributed by atoms with Gasteiger partial charge in [0.2, 0.25) is 0 Å². The molecule has 0 amide bonds. The van der Waals surface area contributed by atoms with E-state index in [1.807, 2.05) is 35.3 Å². The fourth-order valence-corrected chi connectivity index (χ4v) is 2.49. The maximum Gasteiger partial charge on any atom is 0.181 e. The molecule has 0 N–H and O–H groups in total. The van der Waals surface area contributed by atoms with Gasteiger partial charge in [-0.2, -0.15) is 5.10 Å². The van der Waals surface area contributed by atoms with Crippen LogP contribution in [-0.4, -0.2) is 21.9 Å². The van der Waals surface area contributed by atoms with Crippen molar-refractivity contribution in [3.8, 4) is 17.1 Å². The van der Waals surface area contributed by atoms with Gasteiger partial charge in [-0.1, -0.05) is 12.8 Å². The molecule has 1 aromatic heterocycles. The molecule has 0 saturated heterocycles. The Morgan fingerprint density at radius 3 is 2.56 bits per heavy atom. The van der Waals surface area contributed by atoms with Crippen LogP contribution in [0.4, 0.5) is 0 Å². The number of aromatic nitrogens is 3. The van der Waals surface area contributed by atoms with E-state index in [1.165, 1.54) is 25.7 Å². The van der Waals surface area contributed by atoms with Gasteiger partial charge in [0.05, 0.1) is 13.2 Å². The van der Waals surface area contributed by atoms with Gasteiger partial charge in [0.15, 0.2) is 5.82 Å². The third-order valence-electron chi connectivity index (χ3n) is 3.56. The smallest absolute Gasteiger partial charge is 0.181 e. The van der Waals surface area contributed by atoms with Crippen LogP contribution >= 0.6 is 0 Å². The van der Waals surface area contributed by atoms with Crippen molar-refractivity contribution < 1.29 is 4.74 Å². The van der Waals surface area contributed by atoms with Crippen molar-refractivity contribution in [1.82, 2.24) is 14.8 Å². The molecule has 1 aromatic carbocycles. The third kappa shape index (κ3) is 2.10. The topological polar surface area (TPSA) is 39.9 Å². The first-order valence-corrected chi connectivity index (χ1v) is 6.42. The molecule has 1 aliphatic carbocycles. The summed E-state index contributed by atoms with van der Waals surface area (Å²) < 4.78 is 7.17. The molecule has 18 heavy (non-hydrogen) atoms. The van der Waals surface area contributed by atoms with E-state index in [4.69, 9.17) is 4.74 Å². The van der Waals surface area contributed by atoms with E-state index in [9.17, 15) is 0 Å². The van der Waals surface area contributed by atoms with Gasteiger partial charge < -0.3 is 4.74 Å². The Balaban J connectivity index is 1.82. The van der Waals surface area contributed by atoms with Gasteiger partial charge in [0.25, 0.3) is 0 Å². The monoisotopic (exact) mass is 243 g/mol. The Morgan fingerprint density at radius 1 is 1.17 bits per heavy atom. The van der Waals surface area contributed by atoms with Crippen LogP contribution in [0.25, 0.3) is 11.4 Å². The molecule has 1 saturated carbocycles. The molecule has 3 rings (SSSR count). The number of benzene rings is 1. The summed E-state index contributed by atoms with van der Waals surface area (Å²) in [5.41, 5.74) is 1.03. The van der Waals surface area contributed by atoms with Gasteiger partial charge in [-0.3, -0.25) is 0 Å². The van der Waals surface area contributed by atoms with Crippen LogP contribution in [0.2, 0.25) is 0 Å². The zero-order valence-corrected chi connectivity index (χ0v) is 10.5. The number of methoxy groups -OCH3 is 1. The second kappa shape index (κ2) is 4.80. The SMILES string of the molecule is COc1ccc(-c2ncn(C3CCCC3)n2)cc1. The average Bonchev–Trinajstić information content (AvgIpc) is 3.09. The Morgan fingerprint density at radius 2 is 1.89 bits per heavy atom. The van der Waals surface area contributed by atoms with E-state index in [0.29, 0.717) is 6.04 Å². The summed E-state index contributed by atoms with van der Waals surface area (Å²) in [6, 6.07) is 8.40. The molecule has 0 radical (unpaired) electrons. The fraction of sp³-hybridized carbons (Fsp3) is 0.429. The molecule has 4 nitrogen and oxygen atoms in total. The van der Waals surface area contributed by atoms with E-state index in [1.54, 1.807) is 7.11 Å². The number of ether oxygens (including phenoxy) is 1. The molecule has 94 valence electrons. The maximum absolute atomic E-state index is 5.15. The largest absolute Gasteiger partial charge is 0.497 e. The molecular weight excluding hydrogens is 226 g/mol. The molecule has 2 aromatic rings. The average molecular weight is 243 g/mol. The first-order chi connectivity index (χ1) is 8.86. The maximum atomic E-state index is 5.15. The van der Waals surface area contributed by atoms with Gasteiger partial charge >= 0.3 is 0 Å². The third-order valence-corrected chi connectivity index (χ3v) is 3.56. The highest BCUT2D eigenvalue weighted by Crippen LogP contribution is 2.29. The van der Waals surface area contributed by atoms with Crippen molar-refractivity contribution in [2.24, 2.45) is 0 Å². The van der Waals surface area contributed by atoms with E-state index in [2.05, 4.69) is 10.1 Å². The number of hydrogen-bond acceptors (Lipinski definition) is 3. The molecule has 1 fully saturated rings. The fourth-order valence-electron chi connectivity index (χ4n) is 2.49. The lowest BCUT2D eigenvalue weighted by molar-refractivity contribution is 0.415. The van der Waals surface area contributed by atoms with Gasteiger partial charge in [-0.25, -0.2) is 9.67 Å². The van der Waals surface area contributed by atoms with Crippen LogP contribution < -0.4 is 4.74 Å². The Bertz CT molecular complexity index is 512. The summed E-state index contributed by atoms with van der Waals surface area (Å²) >= 11 is 0. The molecule has 0 unspecified atom stereocenters. The van der Waals surface area contributed by atoms with Crippen molar-refractivity contribution in [3.05, 3.63) is 30.6 Å². The van der Waals surface area contributed by atoms with Gasteiger partial charge in [0, 0.05) is 5.56 Å². The molecule has 1 heterocycles. The quantitative estimate of drug-likeness (QED) is 0.831. The van der Waals surface area contributed by atoms with E-state index >= 15 is 0 Å². The zero-order chi connectivity index (χ0) is 12.4. The lowest BCUT2D eigenvalue weighted by atomic mass is 10.2. The molecule has 1 aliphatic rings. The minimum atomic E-state index is 0.546. The Labute approximate surface area is 107 Å². The minimum Gasteiger partial charge on any atom is -0.497 e. The zero-order valence-electron chi connectivity index (χ0n) is 10.5. The highest BCUT2D eigenvalue weighted by Gasteiger charge is 2.18. The minimum absolute atomic E-state index is 0.546. The van der Waals surface area contributed by atoms with Crippen LogP contribution in [0, 0.1) is 0 Å². The standard InChI is InChI=1S/C14H17N3O/c1-18-13-8-6-11(7-9-13)14-15-10-17(16-14)12-4-2-3-5-12/h6-10,12H,2-5H2,1H3. The number of hydrogen-bond donors (Lipinski definition) is 0. The van der Waals surface area contributed by atoms with Crippen molar-refractivity contribution >= 4 is 0 Å². The lowest BCUT2D eigenvalue weighted by Crippen LogP contribution is -2.04.